The standard InChI is InChI=1S/C13H19N3/c1-3-4-5-8-16-11(2)14-9-13(16)10-15-12-6-7-12/h1,9,12,15H,4-8,10H2,2H3. The van der Waals surface area contributed by atoms with Gasteiger partial charge in [0, 0.05) is 31.7 Å². The third-order valence-corrected chi connectivity index (χ3v) is 2.99. The number of hydrogen-bond donors (Lipinski definition) is 1. The molecule has 0 spiro atoms. The minimum atomic E-state index is 0.745. The first-order chi connectivity index (χ1) is 7.81. The van der Waals surface area contributed by atoms with Gasteiger partial charge >= 0.3 is 0 Å². The summed E-state index contributed by atoms with van der Waals surface area (Å²) in [4.78, 5) is 4.36. The number of terminal acetylenes is 1. The van der Waals surface area contributed by atoms with Crippen molar-refractivity contribution in [2.45, 2.75) is 51.7 Å². The molecule has 0 saturated heterocycles. The van der Waals surface area contributed by atoms with E-state index < -0.39 is 0 Å². The van der Waals surface area contributed by atoms with Gasteiger partial charge < -0.3 is 9.88 Å². The van der Waals surface area contributed by atoms with Gasteiger partial charge in [0.2, 0.25) is 0 Å². The average Bonchev–Trinajstić information content (AvgIpc) is 3.04. The summed E-state index contributed by atoms with van der Waals surface area (Å²) in [5, 5.41) is 3.52. The fraction of sp³-hybridized carbons (Fsp3) is 0.615. The molecule has 0 aliphatic heterocycles. The van der Waals surface area contributed by atoms with Crippen molar-refractivity contribution in [3.63, 3.8) is 0 Å². The van der Waals surface area contributed by atoms with Crippen LogP contribution in [0.4, 0.5) is 0 Å². The summed E-state index contributed by atoms with van der Waals surface area (Å²) in [6.07, 6.45) is 11.8. The van der Waals surface area contributed by atoms with Crippen LogP contribution in [0.2, 0.25) is 0 Å². The van der Waals surface area contributed by atoms with E-state index >= 15 is 0 Å². The highest BCUT2D eigenvalue weighted by molar-refractivity contribution is 5.05. The molecule has 1 N–H and O–H groups in total. The maximum Gasteiger partial charge on any atom is 0.105 e. The van der Waals surface area contributed by atoms with Crippen molar-refractivity contribution in [3.05, 3.63) is 17.7 Å². The van der Waals surface area contributed by atoms with E-state index in [0.717, 1.165) is 37.8 Å². The third kappa shape index (κ3) is 2.86. The Morgan fingerprint density at radius 3 is 3.12 bits per heavy atom. The average molecular weight is 217 g/mol. The van der Waals surface area contributed by atoms with Gasteiger partial charge in [-0.25, -0.2) is 4.98 Å². The van der Waals surface area contributed by atoms with Crippen molar-refractivity contribution in [1.29, 1.82) is 0 Å². The van der Waals surface area contributed by atoms with Crippen LogP contribution < -0.4 is 5.32 Å². The molecular formula is C13H19N3. The number of imidazole rings is 1. The van der Waals surface area contributed by atoms with Crippen molar-refractivity contribution in [1.82, 2.24) is 14.9 Å². The normalized spacial score (nSPS) is 15.0. The highest BCUT2D eigenvalue weighted by atomic mass is 15.1. The summed E-state index contributed by atoms with van der Waals surface area (Å²) in [5.41, 5.74) is 1.28. The van der Waals surface area contributed by atoms with E-state index in [4.69, 9.17) is 6.42 Å². The molecule has 1 aromatic heterocycles. The minimum Gasteiger partial charge on any atom is -0.331 e. The number of nitrogens with zero attached hydrogens (tertiary/aromatic N) is 2. The van der Waals surface area contributed by atoms with E-state index in [1.165, 1.54) is 18.5 Å². The molecule has 0 radical (unpaired) electrons. The van der Waals surface area contributed by atoms with Crippen LogP contribution in [0.3, 0.4) is 0 Å². The van der Waals surface area contributed by atoms with Crippen LogP contribution in [0.25, 0.3) is 0 Å². The van der Waals surface area contributed by atoms with Crippen LogP contribution in [-0.4, -0.2) is 15.6 Å². The lowest BCUT2D eigenvalue weighted by atomic mass is 10.3. The molecule has 86 valence electrons. The highest BCUT2D eigenvalue weighted by Crippen LogP contribution is 2.19. The number of rotatable bonds is 6. The van der Waals surface area contributed by atoms with Gasteiger partial charge in [0.05, 0.1) is 5.69 Å². The van der Waals surface area contributed by atoms with E-state index in [9.17, 15) is 0 Å². The summed E-state index contributed by atoms with van der Waals surface area (Å²) >= 11 is 0. The number of unbranched alkanes of at least 4 members (excludes halogenated alkanes) is 1. The van der Waals surface area contributed by atoms with Crippen LogP contribution >= 0.6 is 0 Å². The van der Waals surface area contributed by atoms with E-state index in [-0.39, 0.29) is 0 Å². The van der Waals surface area contributed by atoms with Crippen molar-refractivity contribution in [2.75, 3.05) is 0 Å². The molecule has 16 heavy (non-hydrogen) atoms. The van der Waals surface area contributed by atoms with Crippen LogP contribution in [0.1, 0.15) is 37.2 Å². The SMILES string of the molecule is C#CCCCn1c(CNC2CC2)cnc1C. The molecule has 2 rings (SSSR count). The number of aryl methyl sites for hydroxylation is 1. The molecular weight excluding hydrogens is 198 g/mol. The monoisotopic (exact) mass is 217 g/mol. The Bertz CT molecular complexity index is 382. The molecule has 1 heterocycles. The van der Waals surface area contributed by atoms with E-state index in [1.807, 2.05) is 6.20 Å². The summed E-state index contributed by atoms with van der Waals surface area (Å²) < 4.78 is 2.27. The Labute approximate surface area is 97.3 Å². The first kappa shape index (κ1) is 11.2. The second-order valence-electron chi connectivity index (χ2n) is 4.41. The third-order valence-electron chi connectivity index (χ3n) is 2.99. The Hall–Kier alpha value is -1.27. The topological polar surface area (TPSA) is 29.9 Å². The fourth-order valence-corrected chi connectivity index (χ4v) is 1.84. The van der Waals surface area contributed by atoms with Gasteiger partial charge in [-0.3, -0.25) is 0 Å². The first-order valence-corrected chi connectivity index (χ1v) is 5.99. The smallest absolute Gasteiger partial charge is 0.105 e. The highest BCUT2D eigenvalue weighted by Gasteiger charge is 2.20. The van der Waals surface area contributed by atoms with Gasteiger partial charge in [-0.1, -0.05) is 0 Å². The molecule has 0 amide bonds. The van der Waals surface area contributed by atoms with Gasteiger partial charge in [0.25, 0.3) is 0 Å². The number of aromatic nitrogens is 2. The van der Waals surface area contributed by atoms with Crippen molar-refractivity contribution >= 4 is 0 Å². The number of nitrogens with one attached hydrogen (secondary N) is 1. The molecule has 1 aliphatic carbocycles. The summed E-state index contributed by atoms with van der Waals surface area (Å²) in [5.74, 6) is 3.77. The Kier molecular flexibility index (Phi) is 3.63. The van der Waals surface area contributed by atoms with E-state index in [1.54, 1.807) is 0 Å². The second-order valence-corrected chi connectivity index (χ2v) is 4.41. The first-order valence-electron chi connectivity index (χ1n) is 5.99. The number of hydrogen-bond acceptors (Lipinski definition) is 2. The predicted octanol–water partition coefficient (Wildman–Crippen LogP) is 1.86. The predicted molar refractivity (Wildman–Crippen MR) is 64.9 cm³/mol. The molecule has 1 saturated carbocycles. The van der Waals surface area contributed by atoms with E-state index in [2.05, 4.69) is 27.7 Å². The van der Waals surface area contributed by atoms with Crippen LogP contribution in [0, 0.1) is 19.3 Å². The van der Waals surface area contributed by atoms with Gasteiger partial charge in [-0.05, 0) is 26.2 Å². The van der Waals surface area contributed by atoms with Crippen molar-refractivity contribution in [3.8, 4) is 12.3 Å². The molecule has 0 aromatic carbocycles. The maximum atomic E-state index is 5.26. The Morgan fingerprint density at radius 2 is 2.44 bits per heavy atom. The lowest BCUT2D eigenvalue weighted by Crippen LogP contribution is -2.18. The molecule has 0 bridgehead atoms. The molecule has 0 unspecified atom stereocenters. The van der Waals surface area contributed by atoms with Gasteiger partial charge in [0.15, 0.2) is 0 Å². The van der Waals surface area contributed by atoms with E-state index in [0.29, 0.717) is 0 Å². The quantitative estimate of drug-likeness (QED) is 0.582. The lowest BCUT2D eigenvalue weighted by Gasteiger charge is -2.09. The Balaban J connectivity index is 1.91. The van der Waals surface area contributed by atoms with Crippen molar-refractivity contribution < 1.29 is 0 Å². The largest absolute Gasteiger partial charge is 0.331 e. The van der Waals surface area contributed by atoms with Gasteiger partial charge in [0.1, 0.15) is 5.82 Å². The zero-order valence-corrected chi connectivity index (χ0v) is 9.87. The van der Waals surface area contributed by atoms with Crippen molar-refractivity contribution in [2.24, 2.45) is 0 Å². The fourth-order valence-electron chi connectivity index (χ4n) is 1.84. The van der Waals surface area contributed by atoms with Crippen LogP contribution in [-0.2, 0) is 13.1 Å². The summed E-state index contributed by atoms with van der Waals surface area (Å²) in [6.45, 7) is 3.97. The minimum absolute atomic E-state index is 0.745. The summed E-state index contributed by atoms with van der Waals surface area (Å²) in [6, 6.07) is 0.745. The summed E-state index contributed by atoms with van der Waals surface area (Å²) in [7, 11) is 0. The van der Waals surface area contributed by atoms with Crippen LogP contribution in [0.15, 0.2) is 6.20 Å². The molecule has 1 aliphatic rings. The lowest BCUT2D eigenvalue weighted by molar-refractivity contribution is 0.578. The molecule has 1 aromatic rings. The van der Waals surface area contributed by atoms with Crippen LogP contribution in [0.5, 0.6) is 0 Å². The molecule has 3 heteroatoms. The molecule has 1 fully saturated rings. The molecule has 3 nitrogen and oxygen atoms in total. The maximum absolute atomic E-state index is 5.26. The zero-order chi connectivity index (χ0) is 11.4. The van der Waals surface area contributed by atoms with Gasteiger partial charge in [-0.15, -0.1) is 12.3 Å². The Morgan fingerprint density at radius 1 is 1.62 bits per heavy atom. The second kappa shape index (κ2) is 5.18. The van der Waals surface area contributed by atoms with Gasteiger partial charge in [-0.2, -0.15) is 0 Å². The zero-order valence-electron chi connectivity index (χ0n) is 9.87. The molecule has 0 atom stereocenters.